The number of hydrogen-bond acceptors (Lipinski definition) is 5. The van der Waals surface area contributed by atoms with Crippen LogP contribution in [0.5, 0.6) is 5.75 Å². The van der Waals surface area contributed by atoms with Gasteiger partial charge in [-0.1, -0.05) is 42.5 Å². The number of ether oxygens (including phenoxy) is 2. The highest BCUT2D eigenvalue weighted by atomic mass is 16.5. The summed E-state index contributed by atoms with van der Waals surface area (Å²) in [6, 6.07) is 24.0. The van der Waals surface area contributed by atoms with Crippen LogP contribution in [-0.4, -0.2) is 49.1 Å². The highest BCUT2D eigenvalue weighted by Crippen LogP contribution is 2.24. The van der Waals surface area contributed by atoms with Gasteiger partial charge in [0, 0.05) is 24.3 Å². The molecule has 3 aromatic carbocycles. The minimum atomic E-state index is -0.256. The van der Waals surface area contributed by atoms with E-state index >= 15 is 0 Å². The van der Waals surface area contributed by atoms with E-state index in [1.54, 1.807) is 43.5 Å². The third kappa shape index (κ3) is 6.71. The lowest BCUT2D eigenvalue weighted by atomic mass is 10.1. The molecule has 2 N–H and O–H groups in total. The Kier molecular flexibility index (Phi) is 8.71. The fourth-order valence-corrected chi connectivity index (χ4v) is 4.28. The summed E-state index contributed by atoms with van der Waals surface area (Å²) in [6.45, 7) is 4.18. The molecular formula is C29H33N3O4. The molecule has 3 aromatic rings. The highest BCUT2D eigenvalue weighted by molar-refractivity contribution is 6.05. The van der Waals surface area contributed by atoms with E-state index in [0.29, 0.717) is 29.3 Å². The molecular weight excluding hydrogens is 454 g/mol. The molecule has 1 fully saturated rings. The van der Waals surface area contributed by atoms with Crippen molar-refractivity contribution in [2.24, 2.45) is 0 Å². The number of carbonyl (C=O) groups is 2. The maximum absolute atomic E-state index is 12.9. The van der Waals surface area contributed by atoms with Crippen LogP contribution in [0.25, 0.3) is 0 Å². The summed E-state index contributed by atoms with van der Waals surface area (Å²) in [6.07, 6.45) is 2.02. The molecule has 1 aliphatic rings. The van der Waals surface area contributed by atoms with Gasteiger partial charge < -0.3 is 20.1 Å². The zero-order valence-corrected chi connectivity index (χ0v) is 20.8. The van der Waals surface area contributed by atoms with Crippen LogP contribution in [0, 0.1) is 0 Å². The number of rotatable bonds is 9. The summed E-state index contributed by atoms with van der Waals surface area (Å²) in [5.74, 6) is 0.281. The van der Waals surface area contributed by atoms with Gasteiger partial charge >= 0.3 is 0 Å². The first-order valence-electron chi connectivity index (χ1n) is 12.3. The number of hydrogen-bond donors (Lipinski definition) is 2. The topological polar surface area (TPSA) is 79.9 Å². The molecule has 1 aliphatic heterocycles. The number of para-hydroxylation sites is 2. The molecule has 0 radical (unpaired) electrons. The second kappa shape index (κ2) is 12.3. The Morgan fingerprint density at radius 3 is 2.28 bits per heavy atom. The van der Waals surface area contributed by atoms with Crippen LogP contribution in [0.1, 0.15) is 35.7 Å². The molecule has 0 aromatic heterocycles. The van der Waals surface area contributed by atoms with E-state index < -0.39 is 0 Å². The molecule has 1 saturated heterocycles. The summed E-state index contributed by atoms with van der Waals surface area (Å²) < 4.78 is 11.3. The van der Waals surface area contributed by atoms with Crippen LogP contribution in [0.2, 0.25) is 0 Å². The predicted octanol–water partition coefficient (Wildman–Crippen LogP) is 4.96. The van der Waals surface area contributed by atoms with E-state index in [1.807, 2.05) is 37.3 Å². The maximum atomic E-state index is 12.9. The second-order valence-electron chi connectivity index (χ2n) is 8.93. The lowest BCUT2D eigenvalue weighted by Gasteiger charge is -2.35. The number of methoxy groups -OCH3 is 1. The first-order valence-corrected chi connectivity index (χ1v) is 12.3. The molecule has 1 heterocycles. The Labute approximate surface area is 212 Å². The van der Waals surface area contributed by atoms with Crippen LogP contribution >= 0.6 is 0 Å². The van der Waals surface area contributed by atoms with Crippen LogP contribution in [0.15, 0.2) is 78.9 Å². The fourth-order valence-electron chi connectivity index (χ4n) is 4.28. The molecule has 188 valence electrons. The molecule has 0 aliphatic carbocycles. The van der Waals surface area contributed by atoms with Gasteiger partial charge in [-0.05, 0) is 61.7 Å². The highest BCUT2D eigenvalue weighted by Gasteiger charge is 2.27. The zero-order chi connectivity index (χ0) is 25.3. The third-order valence-corrected chi connectivity index (χ3v) is 6.50. The molecule has 0 spiro atoms. The minimum absolute atomic E-state index is 0.0649. The van der Waals surface area contributed by atoms with Crippen LogP contribution in [0.3, 0.4) is 0 Å². The van der Waals surface area contributed by atoms with Gasteiger partial charge in [-0.2, -0.15) is 0 Å². The van der Waals surface area contributed by atoms with Crippen LogP contribution < -0.4 is 15.4 Å². The Morgan fingerprint density at radius 1 is 0.917 bits per heavy atom. The molecule has 4 rings (SSSR count). The van der Waals surface area contributed by atoms with E-state index in [-0.39, 0.29) is 24.0 Å². The van der Waals surface area contributed by atoms with E-state index in [1.165, 1.54) is 5.56 Å². The van der Waals surface area contributed by atoms with Gasteiger partial charge in [0.05, 0.1) is 31.5 Å². The Bertz CT molecular complexity index is 1140. The predicted molar refractivity (Wildman–Crippen MR) is 141 cm³/mol. The molecule has 0 bridgehead atoms. The van der Waals surface area contributed by atoms with Gasteiger partial charge in [0.15, 0.2) is 0 Å². The van der Waals surface area contributed by atoms with Crippen molar-refractivity contribution in [2.45, 2.75) is 38.5 Å². The number of carbonyl (C=O) groups excluding carboxylic acids is 2. The molecule has 36 heavy (non-hydrogen) atoms. The number of nitrogens with zero attached hydrogens (tertiary/aromatic N) is 1. The number of piperidine rings is 1. The van der Waals surface area contributed by atoms with Crippen molar-refractivity contribution in [3.8, 4) is 5.75 Å². The van der Waals surface area contributed by atoms with E-state index in [0.717, 1.165) is 25.9 Å². The van der Waals surface area contributed by atoms with Crippen molar-refractivity contribution in [3.05, 3.63) is 90.0 Å². The Hall–Kier alpha value is -3.68. The van der Waals surface area contributed by atoms with Crippen LogP contribution in [-0.2, 0) is 16.1 Å². The number of benzene rings is 3. The first-order chi connectivity index (χ1) is 17.5. The Balaban J connectivity index is 1.24. The molecule has 2 amide bonds. The van der Waals surface area contributed by atoms with Gasteiger partial charge in [-0.15, -0.1) is 0 Å². The lowest BCUT2D eigenvalue weighted by Crippen LogP contribution is -2.47. The van der Waals surface area contributed by atoms with E-state index in [9.17, 15) is 9.59 Å². The molecule has 7 heteroatoms. The van der Waals surface area contributed by atoms with Gasteiger partial charge in [0.25, 0.3) is 5.91 Å². The number of likely N-dealkylation sites (tertiary alicyclic amines) is 1. The minimum Gasteiger partial charge on any atom is -0.495 e. The van der Waals surface area contributed by atoms with E-state index in [2.05, 4.69) is 27.7 Å². The number of amides is 2. The van der Waals surface area contributed by atoms with Crippen LogP contribution in [0.4, 0.5) is 11.4 Å². The van der Waals surface area contributed by atoms with Crippen molar-refractivity contribution < 1.29 is 19.1 Å². The van der Waals surface area contributed by atoms with Crippen molar-refractivity contribution in [1.82, 2.24) is 4.90 Å². The molecule has 0 saturated carbocycles. The van der Waals surface area contributed by atoms with Gasteiger partial charge in [0.1, 0.15) is 5.75 Å². The third-order valence-electron chi connectivity index (χ3n) is 6.50. The van der Waals surface area contributed by atoms with Gasteiger partial charge in [-0.25, -0.2) is 0 Å². The monoisotopic (exact) mass is 487 g/mol. The normalized spacial score (nSPS) is 15.2. The maximum Gasteiger partial charge on any atom is 0.255 e. The Morgan fingerprint density at radius 2 is 1.58 bits per heavy atom. The number of nitrogens with one attached hydrogen (secondary N) is 2. The standard InChI is InChI=1S/C29H33N3O4/c1-21(32-18-16-25(17-19-32)36-20-22-8-4-3-5-9-22)28(33)30-24-14-12-23(13-15-24)29(34)31-26-10-6-7-11-27(26)35-2/h3-15,21,25H,16-20H2,1-2H3,(H,30,33)(H,31,34). The summed E-state index contributed by atoms with van der Waals surface area (Å²) in [4.78, 5) is 27.7. The molecule has 7 nitrogen and oxygen atoms in total. The average molecular weight is 488 g/mol. The first kappa shape index (κ1) is 25.4. The van der Waals surface area contributed by atoms with E-state index in [4.69, 9.17) is 9.47 Å². The largest absolute Gasteiger partial charge is 0.495 e. The van der Waals surface area contributed by atoms with Crippen molar-refractivity contribution in [2.75, 3.05) is 30.8 Å². The SMILES string of the molecule is COc1ccccc1NC(=O)c1ccc(NC(=O)C(C)N2CCC(OCc3ccccc3)CC2)cc1. The average Bonchev–Trinajstić information content (AvgIpc) is 2.93. The van der Waals surface area contributed by atoms with Crippen molar-refractivity contribution in [1.29, 1.82) is 0 Å². The smallest absolute Gasteiger partial charge is 0.255 e. The zero-order valence-electron chi connectivity index (χ0n) is 20.8. The number of anilines is 2. The second-order valence-corrected chi connectivity index (χ2v) is 8.93. The lowest BCUT2D eigenvalue weighted by molar-refractivity contribution is -0.122. The van der Waals surface area contributed by atoms with Gasteiger partial charge in [0.2, 0.25) is 5.91 Å². The molecule has 1 atom stereocenters. The summed E-state index contributed by atoms with van der Waals surface area (Å²) in [5.41, 5.74) is 2.92. The van der Waals surface area contributed by atoms with Gasteiger partial charge in [-0.3, -0.25) is 14.5 Å². The quantitative estimate of drug-likeness (QED) is 0.446. The summed E-state index contributed by atoms with van der Waals surface area (Å²) in [7, 11) is 1.56. The molecule has 1 unspecified atom stereocenters. The fraction of sp³-hybridized carbons (Fsp3) is 0.310. The van der Waals surface area contributed by atoms with Crippen molar-refractivity contribution >= 4 is 23.2 Å². The van der Waals surface area contributed by atoms with Crippen molar-refractivity contribution in [3.63, 3.8) is 0 Å². The summed E-state index contributed by atoms with van der Waals surface area (Å²) >= 11 is 0. The summed E-state index contributed by atoms with van der Waals surface area (Å²) in [5, 5.41) is 5.82.